The van der Waals surface area contributed by atoms with Crippen LogP contribution in [0.4, 0.5) is 4.79 Å². The summed E-state index contributed by atoms with van der Waals surface area (Å²) >= 11 is 3.00. The fourth-order valence-electron chi connectivity index (χ4n) is 0.500. The standard InChI is InChI=1S/C7H10BrNO4/c1-3-13-6(10)5(4-8)9-7(11)12-2/h3-4H2,1-2H3/b9-5+. The Balaban J connectivity index is 4.40. The summed E-state index contributed by atoms with van der Waals surface area (Å²) < 4.78 is 8.89. The molecule has 0 rings (SSSR count). The van der Waals surface area contributed by atoms with Gasteiger partial charge in [0.05, 0.1) is 19.0 Å². The van der Waals surface area contributed by atoms with Gasteiger partial charge < -0.3 is 9.47 Å². The summed E-state index contributed by atoms with van der Waals surface area (Å²) in [6, 6.07) is 0. The monoisotopic (exact) mass is 251 g/mol. The molecule has 0 fully saturated rings. The highest BCUT2D eigenvalue weighted by Crippen LogP contribution is 1.93. The first-order valence-corrected chi connectivity index (χ1v) is 4.66. The Morgan fingerprint density at radius 2 is 2.08 bits per heavy atom. The van der Waals surface area contributed by atoms with E-state index < -0.39 is 12.1 Å². The summed E-state index contributed by atoms with van der Waals surface area (Å²) in [6.45, 7) is 1.91. The molecule has 0 saturated heterocycles. The van der Waals surface area contributed by atoms with Crippen LogP contribution < -0.4 is 0 Å². The van der Waals surface area contributed by atoms with Crippen LogP contribution in [-0.2, 0) is 14.3 Å². The van der Waals surface area contributed by atoms with Crippen molar-refractivity contribution in [2.45, 2.75) is 6.92 Å². The number of ether oxygens (including phenoxy) is 2. The topological polar surface area (TPSA) is 65.0 Å². The van der Waals surface area contributed by atoms with Gasteiger partial charge in [-0.25, -0.2) is 9.59 Å². The summed E-state index contributed by atoms with van der Waals surface area (Å²) in [6.07, 6.45) is -0.817. The van der Waals surface area contributed by atoms with Crippen LogP contribution >= 0.6 is 15.9 Å². The molecule has 0 saturated carbocycles. The predicted molar refractivity (Wildman–Crippen MR) is 50.3 cm³/mol. The van der Waals surface area contributed by atoms with Crippen molar-refractivity contribution < 1.29 is 19.1 Å². The van der Waals surface area contributed by atoms with Crippen LogP contribution in [0, 0.1) is 0 Å². The molecule has 0 aliphatic heterocycles. The minimum atomic E-state index is -0.817. The van der Waals surface area contributed by atoms with E-state index >= 15 is 0 Å². The zero-order valence-electron chi connectivity index (χ0n) is 7.37. The number of esters is 1. The van der Waals surface area contributed by atoms with E-state index in [0.29, 0.717) is 0 Å². The highest BCUT2D eigenvalue weighted by Gasteiger charge is 2.12. The van der Waals surface area contributed by atoms with E-state index in [1.54, 1.807) is 6.92 Å². The summed E-state index contributed by atoms with van der Waals surface area (Å²) in [7, 11) is 1.18. The van der Waals surface area contributed by atoms with Crippen molar-refractivity contribution in [2.24, 2.45) is 4.99 Å². The minimum Gasteiger partial charge on any atom is -0.461 e. The van der Waals surface area contributed by atoms with E-state index in [9.17, 15) is 9.59 Å². The second-order valence-corrected chi connectivity index (χ2v) is 2.44. The number of methoxy groups -OCH3 is 1. The molecule has 0 aromatic heterocycles. The molecule has 0 radical (unpaired) electrons. The predicted octanol–water partition coefficient (Wildman–Crippen LogP) is 1.15. The molecule has 0 aromatic rings. The largest absolute Gasteiger partial charge is 0.461 e. The number of alkyl halides is 1. The van der Waals surface area contributed by atoms with Gasteiger partial charge in [-0.2, -0.15) is 4.99 Å². The van der Waals surface area contributed by atoms with Crippen LogP contribution in [0.3, 0.4) is 0 Å². The van der Waals surface area contributed by atoms with Crippen LogP contribution in [0.5, 0.6) is 0 Å². The molecular weight excluding hydrogens is 242 g/mol. The summed E-state index contributed by atoms with van der Waals surface area (Å²) in [5.74, 6) is -0.621. The van der Waals surface area contributed by atoms with Crippen LogP contribution in [0.1, 0.15) is 6.92 Å². The Hall–Kier alpha value is -0.910. The fourth-order valence-corrected chi connectivity index (χ4v) is 0.855. The molecule has 6 heteroatoms. The quantitative estimate of drug-likeness (QED) is 0.429. The van der Waals surface area contributed by atoms with Crippen molar-refractivity contribution in [3.8, 4) is 0 Å². The molecule has 0 atom stereocenters. The highest BCUT2D eigenvalue weighted by molar-refractivity contribution is 9.09. The lowest BCUT2D eigenvalue weighted by atomic mass is 10.4. The Morgan fingerprint density at radius 1 is 1.46 bits per heavy atom. The van der Waals surface area contributed by atoms with E-state index in [-0.39, 0.29) is 17.6 Å². The maximum Gasteiger partial charge on any atom is 0.433 e. The van der Waals surface area contributed by atoms with Gasteiger partial charge in [-0.3, -0.25) is 0 Å². The van der Waals surface area contributed by atoms with E-state index in [1.807, 2.05) is 0 Å². The Kier molecular flexibility index (Phi) is 6.13. The highest BCUT2D eigenvalue weighted by atomic mass is 79.9. The van der Waals surface area contributed by atoms with Gasteiger partial charge in [0.25, 0.3) is 0 Å². The first-order valence-electron chi connectivity index (χ1n) is 3.54. The summed E-state index contributed by atoms with van der Waals surface area (Å²) in [5, 5.41) is 0.154. The molecule has 13 heavy (non-hydrogen) atoms. The summed E-state index contributed by atoms with van der Waals surface area (Å²) in [5.41, 5.74) is -0.00583. The van der Waals surface area contributed by atoms with E-state index in [4.69, 9.17) is 0 Å². The van der Waals surface area contributed by atoms with Crippen molar-refractivity contribution in [2.75, 3.05) is 19.0 Å². The zero-order valence-corrected chi connectivity index (χ0v) is 8.96. The van der Waals surface area contributed by atoms with Gasteiger partial charge in [0.1, 0.15) is 5.71 Å². The maximum atomic E-state index is 11.0. The smallest absolute Gasteiger partial charge is 0.433 e. The van der Waals surface area contributed by atoms with Gasteiger partial charge in [0.2, 0.25) is 0 Å². The third-order valence-corrected chi connectivity index (χ3v) is 1.57. The second-order valence-electron chi connectivity index (χ2n) is 1.88. The average molecular weight is 252 g/mol. The molecule has 0 spiro atoms. The van der Waals surface area contributed by atoms with Gasteiger partial charge in [-0.15, -0.1) is 0 Å². The zero-order chi connectivity index (χ0) is 10.3. The van der Waals surface area contributed by atoms with Crippen LogP contribution in [0.2, 0.25) is 0 Å². The number of hydrogen-bond donors (Lipinski definition) is 0. The number of carbonyl (C=O) groups excluding carboxylic acids is 2. The molecule has 1 amide bonds. The number of nitrogens with zero attached hydrogens (tertiary/aromatic N) is 1. The molecule has 0 aliphatic rings. The molecule has 0 heterocycles. The lowest BCUT2D eigenvalue weighted by Crippen LogP contribution is -2.20. The number of hydrogen-bond acceptors (Lipinski definition) is 4. The number of amides is 1. The molecule has 0 bridgehead atoms. The van der Waals surface area contributed by atoms with E-state index in [0.717, 1.165) is 0 Å². The van der Waals surface area contributed by atoms with Crippen molar-refractivity contribution in [3.63, 3.8) is 0 Å². The Morgan fingerprint density at radius 3 is 2.46 bits per heavy atom. The molecular formula is C7H10BrNO4. The molecule has 0 aromatic carbocycles. The van der Waals surface area contributed by atoms with Crippen LogP contribution in [-0.4, -0.2) is 36.8 Å². The number of aliphatic imine (C=N–C) groups is 1. The molecule has 0 N–H and O–H groups in total. The first kappa shape index (κ1) is 12.1. The van der Waals surface area contributed by atoms with Crippen molar-refractivity contribution in [1.29, 1.82) is 0 Å². The van der Waals surface area contributed by atoms with Gasteiger partial charge in [0, 0.05) is 0 Å². The molecule has 5 nitrogen and oxygen atoms in total. The van der Waals surface area contributed by atoms with E-state index in [2.05, 4.69) is 30.4 Å². The lowest BCUT2D eigenvalue weighted by molar-refractivity contribution is -0.135. The van der Waals surface area contributed by atoms with Crippen molar-refractivity contribution in [3.05, 3.63) is 0 Å². The third-order valence-electron chi connectivity index (χ3n) is 1.04. The number of rotatable bonds is 3. The lowest BCUT2D eigenvalue weighted by Gasteiger charge is -2.01. The van der Waals surface area contributed by atoms with Crippen molar-refractivity contribution in [1.82, 2.24) is 0 Å². The normalized spacial score (nSPS) is 10.8. The molecule has 0 unspecified atom stereocenters. The van der Waals surface area contributed by atoms with Gasteiger partial charge in [-0.05, 0) is 6.92 Å². The van der Waals surface area contributed by atoms with Gasteiger partial charge in [-0.1, -0.05) is 15.9 Å². The average Bonchev–Trinajstić information content (AvgIpc) is 2.14. The van der Waals surface area contributed by atoms with Gasteiger partial charge in [0.15, 0.2) is 0 Å². The van der Waals surface area contributed by atoms with E-state index in [1.165, 1.54) is 7.11 Å². The Bertz CT molecular complexity index is 227. The second kappa shape index (κ2) is 6.59. The fraction of sp³-hybridized carbons (Fsp3) is 0.571. The van der Waals surface area contributed by atoms with Crippen LogP contribution in [0.15, 0.2) is 4.99 Å². The SMILES string of the molecule is CCOC(=O)/C(CBr)=N/C(=O)OC. The number of carbonyl (C=O) groups is 2. The van der Waals surface area contributed by atoms with Crippen LogP contribution in [0.25, 0.3) is 0 Å². The molecule has 74 valence electrons. The summed E-state index contributed by atoms with van der Waals surface area (Å²) in [4.78, 5) is 25.1. The van der Waals surface area contributed by atoms with Gasteiger partial charge >= 0.3 is 12.1 Å². The number of halogens is 1. The first-order chi connectivity index (χ1) is 6.15. The molecule has 0 aliphatic carbocycles. The Labute approximate surface area is 84.2 Å². The third kappa shape index (κ3) is 4.62. The minimum absolute atomic E-state index is 0.00583. The maximum absolute atomic E-state index is 11.0. The van der Waals surface area contributed by atoms with Crippen molar-refractivity contribution >= 4 is 33.7 Å².